The molecule has 4 nitrogen and oxygen atoms in total. The van der Waals surface area contributed by atoms with Crippen LogP contribution in [0.3, 0.4) is 0 Å². The van der Waals surface area contributed by atoms with E-state index in [1.165, 1.54) is 0 Å². The van der Waals surface area contributed by atoms with Crippen LogP contribution in [0.2, 0.25) is 0 Å². The Morgan fingerprint density at radius 2 is 2.15 bits per heavy atom. The van der Waals surface area contributed by atoms with Gasteiger partial charge in [0, 0.05) is 17.9 Å². The minimum absolute atomic E-state index is 0.0908. The number of hydrogen-bond acceptors (Lipinski definition) is 3. The summed E-state index contributed by atoms with van der Waals surface area (Å²) >= 11 is 0. The third kappa shape index (κ3) is 3.17. The normalized spacial score (nSPS) is 25.0. The lowest BCUT2D eigenvalue weighted by molar-refractivity contribution is -0.518. The van der Waals surface area contributed by atoms with Crippen LogP contribution < -0.4 is 0 Å². The molecule has 1 heterocycles. The van der Waals surface area contributed by atoms with Gasteiger partial charge < -0.3 is 0 Å². The van der Waals surface area contributed by atoms with Gasteiger partial charge in [-0.15, -0.1) is 0 Å². The van der Waals surface area contributed by atoms with Gasteiger partial charge in [-0.2, -0.15) is 13.2 Å². The fourth-order valence-electron chi connectivity index (χ4n) is 1.38. The Labute approximate surface area is 72.5 Å². The van der Waals surface area contributed by atoms with Gasteiger partial charge >= 0.3 is 6.18 Å². The summed E-state index contributed by atoms with van der Waals surface area (Å²) < 4.78 is 35.5. The van der Waals surface area contributed by atoms with E-state index >= 15 is 0 Å². The highest BCUT2D eigenvalue weighted by Crippen LogP contribution is 2.20. The van der Waals surface area contributed by atoms with Crippen molar-refractivity contribution < 1.29 is 18.1 Å². The van der Waals surface area contributed by atoms with Crippen molar-refractivity contribution in [2.24, 2.45) is 0 Å². The van der Waals surface area contributed by atoms with Crippen molar-refractivity contribution in [2.45, 2.75) is 18.6 Å². The van der Waals surface area contributed by atoms with E-state index < -0.39 is 23.7 Å². The molecule has 0 aliphatic carbocycles. The molecule has 1 saturated heterocycles. The van der Waals surface area contributed by atoms with Crippen LogP contribution in [-0.4, -0.2) is 41.7 Å². The minimum atomic E-state index is -4.26. The Morgan fingerprint density at radius 1 is 1.54 bits per heavy atom. The molecule has 0 radical (unpaired) electrons. The van der Waals surface area contributed by atoms with Crippen LogP contribution in [0.15, 0.2) is 0 Å². The maximum Gasteiger partial charge on any atom is 0.401 e. The van der Waals surface area contributed by atoms with Crippen molar-refractivity contribution in [3.8, 4) is 0 Å². The SMILES string of the molecule is O=[N+]([O-])C1CCN(CC(F)(F)F)C1. The number of hydrogen-bond donors (Lipinski definition) is 0. The van der Waals surface area contributed by atoms with Crippen molar-refractivity contribution in [1.29, 1.82) is 0 Å². The third-order valence-corrected chi connectivity index (χ3v) is 1.95. The van der Waals surface area contributed by atoms with Crippen molar-refractivity contribution in [3.63, 3.8) is 0 Å². The molecular weight excluding hydrogens is 189 g/mol. The molecule has 1 fully saturated rings. The molecule has 0 saturated carbocycles. The summed E-state index contributed by atoms with van der Waals surface area (Å²) in [4.78, 5) is 10.8. The summed E-state index contributed by atoms with van der Waals surface area (Å²) in [6.07, 6.45) is -4.05. The standard InChI is InChI=1S/C6H9F3N2O2/c7-6(8,9)4-10-2-1-5(3-10)11(12)13/h5H,1-4H2. The van der Waals surface area contributed by atoms with Crippen LogP contribution in [-0.2, 0) is 0 Å². The van der Waals surface area contributed by atoms with E-state index in [0.29, 0.717) is 0 Å². The Bertz CT molecular complexity index is 207. The lowest BCUT2D eigenvalue weighted by Crippen LogP contribution is -2.34. The van der Waals surface area contributed by atoms with Gasteiger partial charge in [0.25, 0.3) is 0 Å². The monoisotopic (exact) mass is 198 g/mol. The van der Waals surface area contributed by atoms with Crippen LogP contribution in [0, 0.1) is 10.1 Å². The maximum absolute atomic E-state index is 11.8. The van der Waals surface area contributed by atoms with E-state index in [-0.39, 0.29) is 19.5 Å². The number of halogens is 3. The molecule has 13 heavy (non-hydrogen) atoms. The molecular formula is C6H9F3N2O2. The average Bonchev–Trinajstić information content (AvgIpc) is 2.31. The van der Waals surface area contributed by atoms with Crippen LogP contribution in [0.1, 0.15) is 6.42 Å². The molecule has 0 aromatic heterocycles. The van der Waals surface area contributed by atoms with Gasteiger partial charge in [-0.3, -0.25) is 15.0 Å². The van der Waals surface area contributed by atoms with Gasteiger partial charge in [-0.25, -0.2) is 0 Å². The zero-order chi connectivity index (χ0) is 10.1. The van der Waals surface area contributed by atoms with Gasteiger partial charge in [0.05, 0.1) is 13.1 Å². The second kappa shape index (κ2) is 3.49. The minimum Gasteiger partial charge on any atom is -0.288 e. The Hall–Kier alpha value is -0.850. The molecule has 0 N–H and O–H groups in total. The van der Waals surface area contributed by atoms with E-state index in [2.05, 4.69) is 0 Å². The van der Waals surface area contributed by atoms with E-state index in [1.807, 2.05) is 0 Å². The van der Waals surface area contributed by atoms with Crippen LogP contribution in [0.25, 0.3) is 0 Å². The van der Waals surface area contributed by atoms with E-state index in [4.69, 9.17) is 0 Å². The first-order chi connectivity index (χ1) is 5.88. The molecule has 0 amide bonds. The highest BCUT2D eigenvalue weighted by molar-refractivity contribution is 4.76. The van der Waals surface area contributed by atoms with Crippen LogP contribution in [0.4, 0.5) is 13.2 Å². The first kappa shape index (κ1) is 10.2. The molecule has 0 bridgehead atoms. The number of nitrogens with zero attached hydrogens (tertiary/aromatic N) is 2. The van der Waals surface area contributed by atoms with Crippen LogP contribution in [0.5, 0.6) is 0 Å². The van der Waals surface area contributed by atoms with Gasteiger partial charge in [0.15, 0.2) is 0 Å². The van der Waals surface area contributed by atoms with Crippen molar-refractivity contribution in [1.82, 2.24) is 4.90 Å². The predicted molar refractivity (Wildman–Crippen MR) is 37.9 cm³/mol. The highest BCUT2D eigenvalue weighted by atomic mass is 19.4. The predicted octanol–water partition coefficient (Wildman–Crippen LogP) is 0.900. The number of alkyl halides is 3. The average molecular weight is 198 g/mol. The Morgan fingerprint density at radius 3 is 2.54 bits per heavy atom. The smallest absolute Gasteiger partial charge is 0.288 e. The van der Waals surface area contributed by atoms with Gasteiger partial charge in [-0.05, 0) is 0 Å². The zero-order valence-corrected chi connectivity index (χ0v) is 6.75. The van der Waals surface area contributed by atoms with Crippen molar-refractivity contribution >= 4 is 0 Å². The molecule has 7 heteroatoms. The van der Waals surface area contributed by atoms with Crippen molar-refractivity contribution in [3.05, 3.63) is 10.1 Å². The molecule has 0 aromatic carbocycles. The summed E-state index contributed by atoms with van der Waals surface area (Å²) in [5.74, 6) is 0. The largest absolute Gasteiger partial charge is 0.401 e. The molecule has 0 spiro atoms. The number of likely N-dealkylation sites (tertiary alicyclic amines) is 1. The Balaban J connectivity index is 2.38. The third-order valence-electron chi connectivity index (χ3n) is 1.95. The second-order valence-electron chi connectivity index (χ2n) is 3.08. The quantitative estimate of drug-likeness (QED) is 0.489. The molecule has 1 rings (SSSR count). The van der Waals surface area contributed by atoms with Gasteiger partial charge in [-0.1, -0.05) is 0 Å². The number of rotatable bonds is 2. The fraction of sp³-hybridized carbons (Fsp3) is 1.00. The fourth-order valence-corrected chi connectivity index (χ4v) is 1.38. The van der Waals surface area contributed by atoms with Crippen molar-refractivity contribution in [2.75, 3.05) is 19.6 Å². The van der Waals surface area contributed by atoms with E-state index in [9.17, 15) is 23.3 Å². The first-order valence-corrected chi connectivity index (χ1v) is 3.81. The van der Waals surface area contributed by atoms with Gasteiger partial charge in [0.1, 0.15) is 0 Å². The number of nitro groups is 1. The lowest BCUT2D eigenvalue weighted by Gasteiger charge is -2.15. The topological polar surface area (TPSA) is 46.4 Å². The first-order valence-electron chi connectivity index (χ1n) is 3.81. The molecule has 0 aromatic rings. The van der Waals surface area contributed by atoms with Gasteiger partial charge in [0.2, 0.25) is 6.04 Å². The Kier molecular flexibility index (Phi) is 2.74. The van der Waals surface area contributed by atoms with Crippen LogP contribution >= 0.6 is 0 Å². The summed E-state index contributed by atoms with van der Waals surface area (Å²) in [5.41, 5.74) is 0. The summed E-state index contributed by atoms with van der Waals surface area (Å²) in [7, 11) is 0. The van der Waals surface area contributed by atoms with E-state index in [1.54, 1.807) is 0 Å². The molecule has 1 aliphatic heterocycles. The maximum atomic E-state index is 11.8. The molecule has 1 atom stereocenters. The molecule has 76 valence electrons. The highest BCUT2D eigenvalue weighted by Gasteiger charge is 2.37. The lowest BCUT2D eigenvalue weighted by atomic mass is 10.3. The summed E-state index contributed by atoms with van der Waals surface area (Å²) in [6.45, 7) is -0.977. The second-order valence-corrected chi connectivity index (χ2v) is 3.08. The summed E-state index contributed by atoms with van der Waals surface area (Å²) in [5, 5.41) is 10.2. The van der Waals surface area contributed by atoms with E-state index in [0.717, 1.165) is 4.90 Å². The summed E-state index contributed by atoms with van der Waals surface area (Å²) in [6, 6.07) is -0.831. The zero-order valence-electron chi connectivity index (χ0n) is 6.75. The molecule has 1 aliphatic rings. The molecule has 1 unspecified atom stereocenters.